The Hall–Kier alpha value is -5.83. The number of para-hydroxylation sites is 2. The Balaban J connectivity index is 1.08. The smallest absolute Gasteiger partial charge is 0.0547 e. The molecule has 0 radical (unpaired) electrons. The Labute approximate surface area is 295 Å². The van der Waals surface area contributed by atoms with E-state index in [-0.39, 0.29) is 0 Å². The number of rotatable bonds is 3. The largest absolute Gasteiger partial charge is 0.309 e. The number of hydrogen-bond acceptors (Lipinski definition) is 1. The molecule has 2 heterocycles. The molecule has 0 spiro atoms. The maximum atomic E-state index is 2.52. The third-order valence-electron chi connectivity index (χ3n) is 10.9. The minimum absolute atomic E-state index is 0.342. The van der Waals surface area contributed by atoms with Gasteiger partial charge in [-0.3, -0.25) is 0 Å². The average Bonchev–Trinajstić information content (AvgIpc) is 3.51. The lowest BCUT2D eigenvalue weighted by molar-refractivity contribution is 0.795. The molecule has 1 unspecified atom stereocenters. The van der Waals surface area contributed by atoms with Crippen LogP contribution in [-0.2, 0) is 6.42 Å². The Bertz CT molecular complexity index is 2810. The molecule has 2 aliphatic rings. The van der Waals surface area contributed by atoms with Crippen LogP contribution in [0, 0.1) is 0 Å². The van der Waals surface area contributed by atoms with Gasteiger partial charge in [-0.2, -0.15) is 0 Å². The lowest BCUT2D eigenvalue weighted by Gasteiger charge is -2.31. The molecule has 0 saturated heterocycles. The second-order valence-electron chi connectivity index (χ2n) is 13.6. The van der Waals surface area contributed by atoms with Crippen LogP contribution in [-0.4, -0.2) is 4.57 Å². The molecule has 0 fully saturated rings. The summed E-state index contributed by atoms with van der Waals surface area (Å²) in [5, 5.41) is 5.32. The average molecular weight is 654 g/mol. The number of aromatic nitrogens is 1. The number of hydrogen-bond donors (Lipinski definition) is 0. The van der Waals surface area contributed by atoms with E-state index in [1.54, 1.807) is 0 Å². The number of fused-ring (bicyclic) bond motifs is 9. The topological polar surface area (TPSA) is 4.93 Å². The van der Waals surface area contributed by atoms with Gasteiger partial charge in [0.25, 0.3) is 0 Å². The van der Waals surface area contributed by atoms with Crippen LogP contribution in [0.25, 0.3) is 71.6 Å². The Morgan fingerprint density at radius 2 is 1.20 bits per heavy atom. The van der Waals surface area contributed by atoms with Crippen molar-refractivity contribution in [3.63, 3.8) is 0 Å². The van der Waals surface area contributed by atoms with Gasteiger partial charge in [0.15, 0.2) is 0 Å². The summed E-state index contributed by atoms with van der Waals surface area (Å²) >= 11 is 1.92. The molecule has 2 heteroatoms. The van der Waals surface area contributed by atoms with E-state index in [0.29, 0.717) is 5.92 Å². The summed E-state index contributed by atoms with van der Waals surface area (Å²) in [4.78, 5) is 2.66. The first-order valence-corrected chi connectivity index (χ1v) is 18.3. The second-order valence-corrected chi connectivity index (χ2v) is 14.7. The van der Waals surface area contributed by atoms with Crippen molar-refractivity contribution in [2.75, 3.05) is 0 Å². The zero-order valence-corrected chi connectivity index (χ0v) is 28.1. The van der Waals surface area contributed by atoms with Crippen LogP contribution in [0.3, 0.4) is 0 Å². The SMILES string of the molecule is c1ccc(C2Cc3cc4c5c(cccc5c3-c3ccccc32)Sc2cc(-c3ccc5c6ccccc6n(-c6ccccc6)c5c3)ccc2-4)cc1. The van der Waals surface area contributed by atoms with Gasteiger partial charge in [0.1, 0.15) is 0 Å². The minimum atomic E-state index is 0.342. The Morgan fingerprint density at radius 3 is 2.10 bits per heavy atom. The summed E-state index contributed by atoms with van der Waals surface area (Å²) in [6.07, 6.45) is 1.000. The molecule has 11 rings (SSSR count). The highest BCUT2D eigenvalue weighted by Crippen LogP contribution is 2.54. The fourth-order valence-corrected chi connectivity index (χ4v) is 9.94. The van der Waals surface area contributed by atoms with Crippen molar-refractivity contribution in [2.24, 2.45) is 0 Å². The standard InChI is InChI=1S/C48H31NS/c1-3-12-30(13-4-1)41-26-33-27-42-38-25-23-32(29-46(38)50-45-21-11-19-40(48(42)45)47(33)39-18-8-7-16-35(39)41)31-22-24-37-36-17-9-10-20-43(36)49(44(37)28-31)34-14-5-2-6-15-34/h1-25,27-29,41H,26H2. The van der Waals surface area contributed by atoms with E-state index in [2.05, 4.69) is 174 Å². The normalized spacial score (nSPS) is 14.4. The summed E-state index contributed by atoms with van der Waals surface area (Å²) in [5.41, 5.74) is 15.9. The first kappa shape index (κ1) is 28.1. The van der Waals surface area contributed by atoms with Gasteiger partial charge in [-0.1, -0.05) is 139 Å². The van der Waals surface area contributed by atoms with Gasteiger partial charge in [0, 0.05) is 37.6 Å². The molecule has 234 valence electrons. The van der Waals surface area contributed by atoms with E-state index in [0.717, 1.165) is 6.42 Å². The van der Waals surface area contributed by atoms with Crippen molar-refractivity contribution in [3.8, 4) is 39.1 Å². The fourth-order valence-electron chi connectivity index (χ4n) is 8.76. The molecule has 0 bridgehead atoms. The molecule has 1 nitrogen and oxygen atoms in total. The Kier molecular flexibility index (Phi) is 6.08. The molecule has 1 aliphatic carbocycles. The van der Waals surface area contributed by atoms with Crippen molar-refractivity contribution in [1.29, 1.82) is 0 Å². The quantitative estimate of drug-likeness (QED) is 0.184. The van der Waals surface area contributed by atoms with E-state index in [1.807, 2.05) is 11.8 Å². The fraction of sp³-hybridized carbons (Fsp3) is 0.0417. The molecule has 8 aromatic carbocycles. The van der Waals surface area contributed by atoms with Gasteiger partial charge in [0.2, 0.25) is 0 Å². The lowest BCUT2D eigenvalue weighted by Crippen LogP contribution is -2.13. The van der Waals surface area contributed by atoms with Crippen molar-refractivity contribution in [3.05, 3.63) is 187 Å². The maximum absolute atomic E-state index is 2.52. The van der Waals surface area contributed by atoms with Gasteiger partial charge in [0.05, 0.1) is 11.0 Å². The molecule has 9 aromatic rings. The van der Waals surface area contributed by atoms with Crippen molar-refractivity contribution in [1.82, 2.24) is 4.57 Å². The van der Waals surface area contributed by atoms with Gasteiger partial charge in [-0.05, 0) is 104 Å². The first-order valence-electron chi connectivity index (χ1n) is 17.4. The molecule has 50 heavy (non-hydrogen) atoms. The zero-order chi connectivity index (χ0) is 32.8. The van der Waals surface area contributed by atoms with Crippen LogP contribution in [0.1, 0.15) is 22.6 Å². The van der Waals surface area contributed by atoms with E-state index < -0.39 is 0 Å². The highest BCUT2D eigenvalue weighted by Gasteiger charge is 2.30. The van der Waals surface area contributed by atoms with E-state index in [1.165, 1.54) is 98.1 Å². The summed E-state index contributed by atoms with van der Waals surface area (Å²) < 4.78 is 2.41. The predicted molar refractivity (Wildman–Crippen MR) is 211 cm³/mol. The molecule has 0 saturated carbocycles. The molecule has 0 amide bonds. The van der Waals surface area contributed by atoms with E-state index in [9.17, 15) is 0 Å². The molecule has 1 atom stereocenters. The van der Waals surface area contributed by atoms with Crippen LogP contribution < -0.4 is 0 Å². The summed E-state index contributed by atoms with van der Waals surface area (Å²) in [6, 6.07) is 63.2. The number of nitrogens with zero attached hydrogens (tertiary/aromatic N) is 1. The molecular formula is C48H31NS. The van der Waals surface area contributed by atoms with Gasteiger partial charge in [-0.25, -0.2) is 0 Å². The first-order chi connectivity index (χ1) is 24.8. The summed E-state index contributed by atoms with van der Waals surface area (Å²) in [6.45, 7) is 0. The molecular weight excluding hydrogens is 623 g/mol. The van der Waals surface area contributed by atoms with Crippen LogP contribution in [0.15, 0.2) is 180 Å². The van der Waals surface area contributed by atoms with Crippen molar-refractivity contribution < 1.29 is 0 Å². The molecule has 1 aromatic heterocycles. The Morgan fingerprint density at radius 1 is 0.480 bits per heavy atom. The third-order valence-corrected chi connectivity index (χ3v) is 12.1. The number of benzene rings is 8. The van der Waals surface area contributed by atoms with Gasteiger partial charge >= 0.3 is 0 Å². The van der Waals surface area contributed by atoms with Crippen LogP contribution in [0.5, 0.6) is 0 Å². The predicted octanol–water partition coefficient (Wildman–Crippen LogP) is 13.1. The van der Waals surface area contributed by atoms with Crippen LogP contribution >= 0.6 is 11.8 Å². The maximum Gasteiger partial charge on any atom is 0.0547 e. The minimum Gasteiger partial charge on any atom is -0.309 e. The van der Waals surface area contributed by atoms with E-state index >= 15 is 0 Å². The lowest BCUT2D eigenvalue weighted by atomic mass is 9.73. The highest BCUT2D eigenvalue weighted by atomic mass is 32.2. The van der Waals surface area contributed by atoms with Gasteiger partial charge in [-0.15, -0.1) is 0 Å². The third kappa shape index (κ3) is 4.09. The van der Waals surface area contributed by atoms with Crippen LogP contribution in [0.4, 0.5) is 0 Å². The zero-order valence-electron chi connectivity index (χ0n) is 27.3. The van der Waals surface area contributed by atoms with Crippen LogP contribution in [0.2, 0.25) is 0 Å². The van der Waals surface area contributed by atoms with E-state index in [4.69, 9.17) is 0 Å². The summed E-state index contributed by atoms with van der Waals surface area (Å²) in [7, 11) is 0. The monoisotopic (exact) mass is 653 g/mol. The van der Waals surface area contributed by atoms with Crippen molar-refractivity contribution >= 4 is 44.3 Å². The highest BCUT2D eigenvalue weighted by molar-refractivity contribution is 7.99. The molecule has 1 aliphatic heterocycles. The van der Waals surface area contributed by atoms with Crippen molar-refractivity contribution in [2.45, 2.75) is 22.1 Å². The summed E-state index contributed by atoms with van der Waals surface area (Å²) in [5.74, 6) is 0.342. The molecule has 0 N–H and O–H groups in total. The second kappa shape index (κ2) is 10.8. The van der Waals surface area contributed by atoms with Gasteiger partial charge < -0.3 is 4.57 Å².